The first kappa shape index (κ1) is 14.7. The molecule has 1 aromatic carbocycles. The number of carbonyl (C=O) groups excluding carboxylic acids is 1. The molecule has 0 aliphatic carbocycles. The fourth-order valence-electron chi connectivity index (χ4n) is 1.43. The van der Waals surface area contributed by atoms with Gasteiger partial charge in [0.1, 0.15) is 0 Å². The van der Waals surface area contributed by atoms with Gasteiger partial charge in [0, 0.05) is 17.1 Å². The van der Waals surface area contributed by atoms with Gasteiger partial charge in [-0.3, -0.25) is 4.79 Å². The van der Waals surface area contributed by atoms with Crippen LogP contribution < -0.4 is 5.32 Å². The Morgan fingerprint density at radius 3 is 2.89 bits per heavy atom. The molecule has 0 atom stereocenters. The van der Waals surface area contributed by atoms with E-state index in [4.69, 9.17) is 16.3 Å². The largest absolute Gasteiger partial charge is 0.375 e. The van der Waals surface area contributed by atoms with Crippen molar-refractivity contribution in [3.8, 4) is 0 Å². The summed E-state index contributed by atoms with van der Waals surface area (Å²) in [5.41, 5.74) is 2.36. The van der Waals surface area contributed by atoms with Crippen LogP contribution in [0, 0.1) is 6.92 Å². The van der Waals surface area contributed by atoms with Gasteiger partial charge < -0.3 is 10.1 Å². The average Bonchev–Trinajstić information content (AvgIpc) is 2.31. The zero-order valence-electron chi connectivity index (χ0n) is 10.8. The minimum atomic E-state index is -0.131. The Morgan fingerprint density at radius 1 is 1.50 bits per heavy atom. The maximum absolute atomic E-state index is 11.9. The second-order valence-electron chi connectivity index (χ2n) is 4.18. The number of nitrogens with one attached hydrogen (secondary N) is 1. The van der Waals surface area contributed by atoms with E-state index in [2.05, 4.69) is 11.9 Å². The lowest BCUT2D eigenvalue weighted by atomic mass is 10.1. The monoisotopic (exact) mass is 267 g/mol. The van der Waals surface area contributed by atoms with Crippen LogP contribution in [0.3, 0.4) is 0 Å². The van der Waals surface area contributed by atoms with Crippen LogP contribution in [0.5, 0.6) is 0 Å². The molecule has 18 heavy (non-hydrogen) atoms. The molecule has 98 valence electrons. The molecule has 4 heteroatoms. The van der Waals surface area contributed by atoms with Crippen molar-refractivity contribution in [3.05, 3.63) is 46.5 Å². The molecule has 0 saturated carbocycles. The highest BCUT2D eigenvalue weighted by Crippen LogP contribution is 2.18. The second kappa shape index (κ2) is 7.19. The molecular formula is C14H18ClNO2. The highest BCUT2D eigenvalue weighted by atomic mass is 35.5. The summed E-state index contributed by atoms with van der Waals surface area (Å²) in [4.78, 5) is 11.9. The predicted molar refractivity (Wildman–Crippen MR) is 74.2 cm³/mol. The van der Waals surface area contributed by atoms with E-state index in [-0.39, 0.29) is 5.91 Å². The van der Waals surface area contributed by atoms with Gasteiger partial charge in [-0.05, 0) is 31.5 Å². The van der Waals surface area contributed by atoms with E-state index in [0.717, 1.165) is 11.1 Å². The van der Waals surface area contributed by atoms with Crippen LogP contribution in [-0.2, 0) is 4.74 Å². The Balaban J connectivity index is 2.41. The van der Waals surface area contributed by atoms with Crippen LogP contribution in [0.4, 0.5) is 0 Å². The molecule has 0 spiro atoms. The highest BCUT2D eigenvalue weighted by Gasteiger charge is 2.09. The Kier molecular flexibility index (Phi) is 5.89. The molecule has 1 amide bonds. The average molecular weight is 268 g/mol. The summed E-state index contributed by atoms with van der Waals surface area (Å²) < 4.78 is 5.29. The van der Waals surface area contributed by atoms with Gasteiger partial charge in [0.05, 0.1) is 13.2 Å². The first-order valence-electron chi connectivity index (χ1n) is 5.78. The van der Waals surface area contributed by atoms with Gasteiger partial charge in [-0.2, -0.15) is 0 Å². The lowest BCUT2D eigenvalue weighted by Gasteiger charge is -2.09. The van der Waals surface area contributed by atoms with Gasteiger partial charge in [-0.25, -0.2) is 0 Å². The molecule has 0 saturated heterocycles. The van der Waals surface area contributed by atoms with Crippen LogP contribution in [0.15, 0.2) is 30.4 Å². The van der Waals surface area contributed by atoms with Crippen molar-refractivity contribution < 1.29 is 9.53 Å². The van der Waals surface area contributed by atoms with Crippen LogP contribution in [0.2, 0.25) is 5.02 Å². The molecule has 0 radical (unpaired) electrons. The van der Waals surface area contributed by atoms with E-state index in [1.54, 1.807) is 18.2 Å². The molecule has 1 N–H and O–H groups in total. The van der Waals surface area contributed by atoms with Crippen molar-refractivity contribution in [2.24, 2.45) is 0 Å². The molecule has 0 unspecified atom stereocenters. The fraction of sp³-hybridized carbons (Fsp3) is 0.357. The summed E-state index contributed by atoms with van der Waals surface area (Å²) >= 11 is 5.96. The highest BCUT2D eigenvalue weighted by molar-refractivity contribution is 6.31. The summed E-state index contributed by atoms with van der Waals surface area (Å²) in [6, 6.07) is 5.29. The standard InChI is InChI=1S/C14H18ClNO2/c1-10(2)9-18-8-7-16-14(17)12-5-4-6-13(15)11(12)3/h4-6H,1,7-9H2,2-3H3,(H,16,17). The van der Waals surface area contributed by atoms with E-state index >= 15 is 0 Å². The van der Waals surface area contributed by atoms with Gasteiger partial charge in [-0.1, -0.05) is 29.8 Å². The summed E-state index contributed by atoms with van der Waals surface area (Å²) in [5.74, 6) is -0.131. The van der Waals surface area contributed by atoms with Crippen molar-refractivity contribution in [2.75, 3.05) is 19.8 Å². The minimum Gasteiger partial charge on any atom is -0.375 e. The van der Waals surface area contributed by atoms with E-state index in [1.807, 2.05) is 13.8 Å². The number of ether oxygens (including phenoxy) is 1. The zero-order chi connectivity index (χ0) is 13.5. The Morgan fingerprint density at radius 2 is 2.22 bits per heavy atom. The van der Waals surface area contributed by atoms with Crippen molar-refractivity contribution in [3.63, 3.8) is 0 Å². The third kappa shape index (κ3) is 4.51. The van der Waals surface area contributed by atoms with Gasteiger partial charge in [0.2, 0.25) is 0 Å². The van der Waals surface area contributed by atoms with Crippen LogP contribution in [0.1, 0.15) is 22.8 Å². The smallest absolute Gasteiger partial charge is 0.251 e. The number of hydrogen-bond donors (Lipinski definition) is 1. The predicted octanol–water partition coefficient (Wildman–Crippen LogP) is 2.97. The van der Waals surface area contributed by atoms with Gasteiger partial charge in [0.25, 0.3) is 5.91 Å². The summed E-state index contributed by atoms with van der Waals surface area (Å²) in [7, 11) is 0. The van der Waals surface area contributed by atoms with Gasteiger partial charge >= 0.3 is 0 Å². The Labute approximate surface area is 113 Å². The van der Waals surface area contributed by atoms with Crippen molar-refractivity contribution >= 4 is 17.5 Å². The van der Waals surface area contributed by atoms with Gasteiger partial charge in [0.15, 0.2) is 0 Å². The minimum absolute atomic E-state index is 0.131. The van der Waals surface area contributed by atoms with Crippen LogP contribution >= 0.6 is 11.6 Å². The molecule has 1 rings (SSSR count). The number of amides is 1. The van der Waals surface area contributed by atoms with Crippen molar-refractivity contribution in [1.29, 1.82) is 0 Å². The number of rotatable bonds is 6. The lowest BCUT2D eigenvalue weighted by molar-refractivity contribution is 0.0926. The first-order chi connectivity index (χ1) is 8.52. The maximum Gasteiger partial charge on any atom is 0.251 e. The topological polar surface area (TPSA) is 38.3 Å². The molecule has 0 heterocycles. The molecule has 3 nitrogen and oxygen atoms in total. The summed E-state index contributed by atoms with van der Waals surface area (Å²) in [6.45, 7) is 8.92. The summed E-state index contributed by atoms with van der Waals surface area (Å²) in [5, 5.41) is 3.39. The van der Waals surface area contributed by atoms with Gasteiger partial charge in [-0.15, -0.1) is 0 Å². The second-order valence-corrected chi connectivity index (χ2v) is 4.59. The van der Waals surface area contributed by atoms with E-state index < -0.39 is 0 Å². The van der Waals surface area contributed by atoms with Crippen LogP contribution in [-0.4, -0.2) is 25.7 Å². The number of carbonyl (C=O) groups is 1. The molecule has 0 fully saturated rings. The van der Waals surface area contributed by atoms with Crippen LogP contribution in [0.25, 0.3) is 0 Å². The van der Waals surface area contributed by atoms with E-state index in [1.165, 1.54) is 0 Å². The zero-order valence-corrected chi connectivity index (χ0v) is 11.5. The first-order valence-corrected chi connectivity index (χ1v) is 6.15. The molecule has 0 aromatic heterocycles. The fourth-order valence-corrected chi connectivity index (χ4v) is 1.61. The Hall–Kier alpha value is -1.32. The molecule has 0 aliphatic rings. The number of benzene rings is 1. The molecule has 1 aromatic rings. The molecular weight excluding hydrogens is 250 g/mol. The quantitative estimate of drug-likeness (QED) is 0.636. The lowest BCUT2D eigenvalue weighted by Crippen LogP contribution is -2.28. The number of hydrogen-bond acceptors (Lipinski definition) is 2. The Bertz CT molecular complexity index is 443. The third-order valence-electron chi connectivity index (χ3n) is 2.39. The molecule has 0 bridgehead atoms. The number of halogens is 1. The van der Waals surface area contributed by atoms with E-state index in [9.17, 15) is 4.79 Å². The normalized spacial score (nSPS) is 10.2. The maximum atomic E-state index is 11.9. The summed E-state index contributed by atoms with van der Waals surface area (Å²) in [6.07, 6.45) is 0. The van der Waals surface area contributed by atoms with Crippen molar-refractivity contribution in [1.82, 2.24) is 5.32 Å². The molecule has 0 aliphatic heterocycles. The SMILES string of the molecule is C=C(C)COCCNC(=O)c1cccc(Cl)c1C. The third-order valence-corrected chi connectivity index (χ3v) is 2.80. The van der Waals surface area contributed by atoms with E-state index in [0.29, 0.717) is 30.3 Å². The van der Waals surface area contributed by atoms with Crippen molar-refractivity contribution in [2.45, 2.75) is 13.8 Å².